The third-order valence-electron chi connectivity index (χ3n) is 4.51. The van der Waals surface area contributed by atoms with Gasteiger partial charge in [0.15, 0.2) is 6.61 Å². The van der Waals surface area contributed by atoms with Gasteiger partial charge in [-0.1, -0.05) is 66.0 Å². The van der Waals surface area contributed by atoms with Crippen LogP contribution in [0.3, 0.4) is 0 Å². The van der Waals surface area contributed by atoms with Crippen LogP contribution in [0.5, 0.6) is 0 Å². The molecule has 63 heavy (non-hydrogen) atoms. The molecule has 1 atom stereocenters. The number of carboxylic acid groups (broad SMARTS) is 1. The average Bonchev–Trinajstić information content (AvgIpc) is 4.09. The first kappa shape index (κ1) is 70.9. The lowest BCUT2D eigenvalue weighted by atomic mass is 10.2. The maximum Gasteiger partial charge on any atom is 0.422 e. The van der Waals surface area contributed by atoms with Crippen molar-refractivity contribution in [2.75, 3.05) is 53.4 Å². The lowest BCUT2D eigenvalue weighted by Gasteiger charge is -2.17. The normalized spacial score (nSPS) is 10.7. The number of hydrogen-bond donors (Lipinski definition) is 2. The minimum absolute atomic E-state index is 0.0465. The topological polar surface area (TPSA) is 254 Å². The van der Waals surface area contributed by atoms with Crippen molar-refractivity contribution in [3.63, 3.8) is 0 Å². The van der Waals surface area contributed by atoms with E-state index in [2.05, 4.69) is 81.1 Å². The summed E-state index contributed by atoms with van der Waals surface area (Å²) in [5.74, 6) is -4.39. The first-order valence-corrected chi connectivity index (χ1v) is 17.9. The number of hydrogen-bond acceptors (Lipinski definition) is 17. The number of esters is 7. The van der Waals surface area contributed by atoms with Crippen molar-refractivity contribution in [2.24, 2.45) is 0 Å². The van der Waals surface area contributed by atoms with E-state index in [1.54, 1.807) is 6.92 Å². The van der Waals surface area contributed by atoms with Crippen LogP contribution in [-0.2, 0) is 76.3 Å². The quantitative estimate of drug-likeness (QED) is 0.0603. The van der Waals surface area contributed by atoms with Gasteiger partial charge in [-0.15, -0.1) is 0 Å². The average molecular weight is 913 g/mol. The highest BCUT2D eigenvalue weighted by Crippen LogP contribution is 2.14. The Hall–Kier alpha value is -6.61. The van der Waals surface area contributed by atoms with E-state index in [4.69, 9.17) is 19.7 Å². The minimum atomic E-state index is -4.46. The highest BCUT2D eigenvalue weighted by molar-refractivity contribution is 5.83. The van der Waals surface area contributed by atoms with Crippen LogP contribution in [0.25, 0.3) is 0 Å². The maximum atomic E-state index is 11.2. The van der Waals surface area contributed by atoms with Gasteiger partial charge in [-0.3, -0.25) is 0 Å². The third kappa shape index (κ3) is 87.9. The number of epoxide rings is 1. The zero-order valence-corrected chi connectivity index (χ0v) is 36.8. The van der Waals surface area contributed by atoms with Crippen LogP contribution in [0.15, 0.2) is 101 Å². The van der Waals surface area contributed by atoms with Crippen molar-refractivity contribution < 1.29 is 99.6 Å². The summed E-state index contributed by atoms with van der Waals surface area (Å²) in [6, 6.07) is 0. The van der Waals surface area contributed by atoms with E-state index < -0.39 is 42.3 Å². The summed E-state index contributed by atoms with van der Waals surface area (Å²) >= 11 is 0. The molecule has 2 N–H and O–H groups in total. The minimum Gasteiger partial charge on any atom is -0.478 e. The second-order valence-corrected chi connectivity index (χ2v) is 11.0. The van der Waals surface area contributed by atoms with E-state index in [1.807, 2.05) is 27.7 Å². The standard InChI is InChI=1S/2C7H12O2.C6H8O3.C5H5F3O2.C5H8O3.C5H8O2.C4H6O2.C3H4O2/c1-5-6(8)9-7(2,3)4;1-3-5-6-9-7(8)4-2;1-2-6(7)9-4-5-3-8-5;1-2-4(9)10-3-5(6,7)8;1-2-5(7)8-4-3-6;1-3-5(6)7-4-2;1-3-4(5)6-2;1-2-3(4)5/h5H,1H2,2-4H3;4H,2-3,5-6H2,1H3;2,5H,1,3-4H2;2H,1,3H2;2,6H,1,3-4H2;3H,1,4H2,2H3;3H,1H2,2H3;2H,1H2,(H,4,5). The molecule has 0 bridgehead atoms. The van der Waals surface area contributed by atoms with Crippen molar-refractivity contribution in [3.05, 3.63) is 101 Å². The predicted octanol–water partition coefficient (Wildman–Crippen LogP) is 5.47. The largest absolute Gasteiger partial charge is 0.478 e. The molecule has 0 aromatic carbocycles. The fourth-order valence-electron chi connectivity index (χ4n) is 1.82. The molecule has 0 aromatic heterocycles. The van der Waals surface area contributed by atoms with Gasteiger partial charge in [0.05, 0.1) is 33.5 Å². The van der Waals surface area contributed by atoms with Gasteiger partial charge in [0.1, 0.15) is 24.9 Å². The summed E-state index contributed by atoms with van der Waals surface area (Å²) in [5, 5.41) is 15.7. The lowest BCUT2D eigenvalue weighted by Crippen LogP contribution is -2.22. The Morgan fingerprint density at radius 2 is 0.984 bits per heavy atom. The fourth-order valence-corrected chi connectivity index (χ4v) is 1.82. The number of alkyl halides is 3. The predicted molar refractivity (Wildman–Crippen MR) is 225 cm³/mol. The lowest BCUT2D eigenvalue weighted by molar-refractivity contribution is -0.182. The Morgan fingerprint density at radius 1 is 0.619 bits per heavy atom. The smallest absolute Gasteiger partial charge is 0.422 e. The molecule has 0 radical (unpaired) electrons. The summed E-state index contributed by atoms with van der Waals surface area (Å²) in [5.41, 5.74) is -0.398. The summed E-state index contributed by atoms with van der Waals surface area (Å²) in [7, 11) is 1.31. The number of carboxylic acids is 1. The van der Waals surface area contributed by atoms with E-state index in [9.17, 15) is 51.5 Å². The number of aliphatic carboxylic acids is 1. The van der Waals surface area contributed by atoms with E-state index in [0.29, 0.717) is 32.5 Å². The van der Waals surface area contributed by atoms with Gasteiger partial charge in [0.25, 0.3) is 0 Å². The number of aliphatic hydroxyl groups excluding tert-OH is 1. The number of halogens is 3. The molecule has 0 saturated carbocycles. The molecule has 360 valence electrons. The molecule has 1 aliphatic heterocycles. The molecule has 0 aromatic rings. The zero-order valence-electron chi connectivity index (χ0n) is 36.8. The molecule has 1 heterocycles. The van der Waals surface area contributed by atoms with Gasteiger partial charge >= 0.3 is 53.9 Å². The SMILES string of the molecule is C=CC(=O)O.C=CC(=O)OC.C=CC(=O)OC(C)(C)C.C=CC(=O)OCC.C=CC(=O)OCC(F)(F)F.C=CC(=O)OCC1CO1.C=CC(=O)OCCCC.C=CC(=O)OCCO. The van der Waals surface area contributed by atoms with Crippen LogP contribution >= 0.6 is 0 Å². The Bertz CT molecular complexity index is 1390. The molecular formula is C42H63F3O18. The number of carbonyl (C=O) groups is 8. The number of carbonyl (C=O) groups excluding carboxylic acids is 7. The molecule has 1 saturated heterocycles. The Balaban J connectivity index is -0.000000115. The second-order valence-electron chi connectivity index (χ2n) is 11.0. The van der Waals surface area contributed by atoms with Crippen LogP contribution in [0.2, 0.25) is 0 Å². The number of methoxy groups -OCH3 is 1. The van der Waals surface area contributed by atoms with Gasteiger partial charge in [-0.25, -0.2) is 38.4 Å². The van der Waals surface area contributed by atoms with Crippen LogP contribution in [0.4, 0.5) is 13.2 Å². The number of aliphatic hydroxyl groups is 1. The molecule has 1 unspecified atom stereocenters. The monoisotopic (exact) mass is 912 g/mol. The van der Waals surface area contributed by atoms with Gasteiger partial charge in [-0.2, -0.15) is 13.2 Å². The molecule has 1 aliphatic rings. The molecule has 1 rings (SSSR count). The van der Waals surface area contributed by atoms with E-state index in [1.165, 1.54) is 13.2 Å². The molecule has 0 amide bonds. The van der Waals surface area contributed by atoms with E-state index >= 15 is 0 Å². The number of rotatable bonds is 17. The van der Waals surface area contributed by atoms with Crippen molar-refractivity contribution in [2.45, 2.75) is 65.3 Å². The third-order valence-corrected chi connectivity index (χ3v) is 4.51. The van der Waals surface area contributed by atoms with Crippen molar-refractivity contribution >= 4 is 47.8 Å². The van der Waals surface area contributed by atoms with Gasteiger partial charge in [-0.05, 0) is 34.1 Å². The summed E-state index contributed by atoms with van der Waals surface area (Å²) in [4.78, 5) is 80.5. The van der Waals surface area contributed by atoms with Crippen LogP contribution in [0, 0.1) is 0 Å². The highest BCUT2D eigenvalue weighted by Gasteiger charge is 2.29. The number of unbranched alkanes of at least 4 members (excludes halogenated alkanes) is 1. The van der Waals surface area contributed by atoms with Crippen LogP contribution < -0.4 is 0 Å². The Labute approximate surface area is 367 Å². The van der Waals surface area contributed by atoms with Crippen molar-refractivity contribution in [1.82, 2.24) is 0 Å². The van der Waals surface area contributed by atoms with Gasteiger partial charge in [0.2, 0.25) is 0 Å². The molecule has 0 aliphatic carbocycles. The van der Waals surface area contributed by atoms with Gasteiger partial charge < -0.3 is 48.1 Å². The highest BCUT2D eigenvalue weighted by atomic mass is 19.4. The van der Waals surface area contributed by atoms with Crippen molar-refractivity contribution in [3.8, 4) is 0 Å². The Kier molecular flexibility index (Phi) is 56.0. The summed E-state index contributed by atoms with van der Waals surface area (Å²) < 4.78 is 69.2. The zero-order chi connectivity index (χ0) is 50.9. The molecule has 21 heteroatoms. The summed E-state index contributed by atoms with van der Waals surface area (Å²) in [6.45, 7) is 34.8. The van der Waals surface area contributed by atoms with Crippen LogP contribution in [0.1, 0.15) is 47.5 Å². The first-order chi connectivity index (χ1) is 29.2. The first-order valence-electron chi connectivity index (χ1n) is 17.9. The molecule has 1 fully saturated rings. The molecule has 18 nitrogen and oxygen atoms in total. The maximum absolute atomic E-state index is 11.2. The van der Waals surface area contributed by atoms with E-state index in [0.717, 1.165) is 49.3 Å². The van der Waals surface area contributed by atoms with Crippen LogP contribution in [-0.4, -0.2) is 129 Å². The van der Waals surface area contributed by atoms with Crippen molar-refractivity contribution in [1.29, 1.82) is 0 Å². The van der Waals surface area contributed by atoms with E-state index in [-0.39, 0.29) is 43.2 Å². The molecule has 0 spiro atoms. The Morgan fingerprint density at radius 3 is 1.22 bits per heavy atom. The van der Waals surface area contributed by atoms with Gasteiger partial charge in [0, 0.05) is 48.6 Å². The fraction of sp³-hybridized carbons (Fsp3) is 0.429. The molecular weight excluding hydrogens is 849 g/mol. The number of ether oxygens (including phenoxy) is 8. The second kappa shape index (κ2) is 49.8. The summed E-state index contributed by atoms with van der Waals surface area (Å²) in [6.07, 6.45) is 5.95.